The zero-order valence-electron chi connectivity index (χ0n) is 8.86. The normalized spacial score (nSPS) is 8.86. The molecule has 0 aliphatic rings. The molecule has 1 heterocycles. The summed E-state index contributed by atoms with van der Waals surface area (Å²) in [7, 11) is 0. The van der Waals surface area contributed by atoms with Gasteiger partial charge in [0.2, 0.25) is 0 Å². The third-order valence-electron chi connectivity index (χ3n) is 1.73. The molecule has 1 aromatic rings. The molecule has 0 fully saturated rings. The van der Waals surface area contributed by atoms with E-state index in [1.54, 1.807) is 0 Å². The van der Waals surface area contributed by atoms with E-state index >= 15 is 0 Å². The van der Waals surface area contributed by atoms with Crippen LogP contribution < -0.4 is 5.82 Å². The van der Waals surface area contributed by atoms with Crippen molar-refractivity contribution in [3.63, 3.8) is 0 Å². The standard InChI is InChI=1S/C6H15N.C3H2O3.ClH/c1-4-7(5-2)6-3;4-3-5-1-2-6-3;/h4-6H2,1-3H3;1-2H;1H. The van der Waals surface area contributed by atoms with Crippen molar-refractivity contribution in [2.45, 2.75) is 20.8 Å². The van der Waals surface area contributed by atoms with Crippen LogP contribution in [-0.4, -0.2) is 24.5 Å². The van der Waals surface area contributed by atoms with Crippen molar-refractivity contribution in [2.24, 2.45) is 0 Å². The monoisotopic (exact) mass is 223 g/mol. The van der Waals surface area contributed by atoms with Gasteiger partial charge in [-0.15, -0.1) is 12.4 Å². The van der Waals surface area contributed by atoms with Crippen molar-refractivity contribution in [2.75, 3.05) is 19.6 Å². The molecule has 4 nitrogen and oxygen atoms in total. The maximum absolute atomic E-state index is 9.74. The van der Waals surface area contributed by atoms with Crippen LogP contribution in [0, 0.1) is 0 Å². The second-order valence-corrected chi connectivity index (χ2v) is 2.38. The summed E-state index contributed by atoms with van der Waals surface area (Å²) in [6.45, 7) is 10.1. The van der Waals surface area contributed by atoms with Gasteiger partial charge in [-0.1, -0.05) is 20.8 Å². The molecular weight excluding hydrogens is 206 g/mol. The van der Waals surface area contributed by atoms with E-state index in [-0.39, 0.29) is 12.4 Å². The molecule has 0 radical (unpaired) electrons. The van der Waals surface area contributed by atoms with Crippen molar-refractivity contribution >= 4 is 12.4 Å². The fourth-order valence-corrected chi connectivity index (χ4v) is 0.865. The minimum Gasteiger partial charge on any atom is -0.399 e. The summed E-state index contributed by atoms with van der Waals surface area (Å²) in [5, 5.41) is 0. The van der Waals surface area contributed by atoms with Gasteiger partial charge >= 0.3 is 5.82 Å². The molecule has 0 aliphatic carbocycles. The lowest BCUT2D eigenvalue weighted by molar-refractivity contribution is 0.321. The van der Waals surface area contributed by atoms with Crippen LogP contribution in [0.5, 0.6) is 0 Å². The molecule has 0 saturated heterocycles. The molecule has 0 amide bonds. The highest BCUT2D eigenvalue weighted by atomic mass is 35.5. The van der Waals surface area contributed by atoms with Gasteiger partial charge in [0.25, 0.3) is 0 Å². The van der Waals surface area contributed by atoms with E-state index in [2.05, 4.69) is 34.5 Å². The second kappa shape index (κ2) is 10.3. The molecule has 84 valence electrons. The average molecular weight is 224 g/mol. The van der Waals surface area contributed by atoms with Crippen LogP contribution in [0.1, 0.15) is 20.8 Å². The lowest BCUT2D eigenvalue weighted by atomic mass is 10.5. The lowest BCUT2D eigenvalue weighted by Crippen LogP contribution is -2.21. The number of hydrogen-bond donors (Lipinski definition) is 0. The van der Waals surface area contributed by atoms with E-state index in [9.17, 15) is 4.79 Å². The number of halogens is 1. The first-order chi connectivity index (χ1) is 6.24. The molecule has 0 aliphatic heterocycles. The molecule has 0 N–H and O–H groups in total. The number of hydrogen-bond acceptors (Lipinski definition) is 4. The Morgan fingerprint density at radius 3 is 1.50 bits per heavy atom. The second-order valence-electron chi connectivity index (χ2n) is 2.38. The van der Waals surface area contributed by atoms with Gasteiger partial charge in [0.05, 0.1) is 0 Å². The fourth-order valence-electron chi connectivity index (χ4n) is 0.865. The van der Waals surface area contributed by atoms with E-state index < -0.39 is 5.82 Å². The molecule has 0 bridgehead atoms. The summed E-state index contributed by atoms with van der Waals surface area (Å²) in [6, 6.07) is 0. The Kier molecular flexibility index (Phi) is 11.6. The molecule has 0 saturated carbocycles. The van der Waals surface area contributed by atoms with Crippen molar-refractivity contribution in [3.05, 3.63) is 23.1 Å². The molecule has 0 aromatic carbocycles. The maximum atomic E-state index is 9.74. The Morgan fingerprint density at radius 2 is 1.43 bits per heavy atom. The molecular formula is C9H18ClNO3. The van der Waals surface area contributed by atoms with Crippen molar-refractivity contribution in [3.8, 4) is 0 Å². The van der Waals surface area contributed by atoms with Crippen LogP contribution in [0.2, 0.25) is 0 Å². The van der Waals surface area contributed by atoms with Crippen molar-refractivity contribution in [1.29, 1.82) is 0 Å². The summed E-state index contributed by atoms with van der Waals surface area (Å²) < 4.78 is 8.22. The third-order valence-corrected chi connectivity index (χ3v) is 1.73. The van der Waals surface area contributed by atoms with Crippen LogP contribution in [-0.2, 0) is 0 Å². The number of rotatable bonds is 3. The Hall–Kier alpha value is -0.740. The minimum atomic E-state index is -0.657. The van der Waals surface area contributed by atoms with Crippen LogP contribution in [0.4, 0.5) is 0 Å². The van der Waals surface area contributed by atoms with Crippen molar-refractivity contribution < 1.29 is 8.83 Å². The van der Waals surface area contributed by atoms with E-state index in [1.165, 1.54) is 32.2 Å². The van der Waals surface area contributed by atoms with Gasteiger partial charge in [-0.2, -0.15) is 0 Å². The molecule has 0 atom stereocenters. The first-order valence-electron chi connectivity index (χ1n) is 4.49. The largest absolute Gasteiger partial charge is 0.518 e. The maximum Gasteiger partial charge on any atom is 0.518 e. The zero-order chi connectivity index (χ0) is 10.1. The van der Waals surface area contributed by atoms with Gasteiger partial charge in [-0.3, -0.25) is 0 Å². The van der Waals surface area contributed by atoms with Crippen LogP contribution >= 0.6 is 12.4 Å². The molecule has 1 rings (SSSR count). The summed E-state index contributed by atoms with van der Waals surface area (Å²) >= 11 is 0. The van der Waals surface area contributed by atoms with E-state index in [0.29, 0.717) is 0 Å². The van der Waals surface area contributed by atoms with Gasteiger partial charge < -0.3 is 13.7 Å². The number of nitrogens with zero attached hydrogens (tertiary/aromatic N) is 1. The van der Waals surface area contributed by atoms with Gasteiger partial charge in [-0.05, 0) is 19.6 Å². The van der Waals surface area contributed by atoms with Crippen LogP contribution in [0.15, 0.2) is 26.2 Å². The molecule has 14 heavy (non-hydrogen) atoms. The highest BCUT2D eigenvalue weighted by Gasteiger charge is 1.89. The Morgan fingerprint density at radius 1 is 1.07 bits per heavy atom. The topological polar surface area (TPSA) is 46.6 Å². The van der Waals surface area contributed by atoms with Crippen molar-refractivity contribution in [1.82, 2.24) is 4.90 Å². The molecule has 5 heteroatoms. The molecule has 0 spiro atoms. The predicted octanol–water partition coefficient (Wildman–Crippen LogP) is 2.00. The Labute approximate surface area is 90.3 Å². The average Bonchev–Trinajstić information content (AvgIpc) is 2.60. The summed E-state index contributed by atoms with van der Waals surface area (Å²) in [5.41, 5.74) is 0. The first-order valence-corrected chi connectivity index (χ1v) is 4.49. The highest BCUT2D eigenvalue weighted by Crippen LogP contribution is 1.81. The molecule has 1 aromatic heterocycles. The molecule has 0 unspecified atom stereocenters. The lowest BCUT2D eigenvalue weighted by Gasteiger charge is -2.13. The van der Waals surface area contributed by atoms with Gasteiger partial charge in [0.1, 0.15) is 12.5 Å². The van der Waals surface area contributed by atoms with Gasteiger partial charge in [0.15, 0.2) is 0 Å². The minimum absolute atomic E-state index is 0. The smallest absolute Gasteiger partial charge is 0.399 e. The highest BCUT2D eigenvalue weighted by molar-refractivity contribution is 5.85. The van der Waals surface area contributed by atoms with E-state index in [4.69, 9.17) is 0 Å². The quantitative estimate of drug-likeness (QED) is 0.787. The first kappa shape index (κ1) is 15.7. The summed E-state index contributed by atoms with van der Waals surface area (Å²) in [6.07, 6.45) is 2.37. The van der Waals surface area contributed by atoms with Crippen LogP contribution in [0.25, 0.3) is 0 Å². The Bertz CT molecular complexity index is 220. The zero-order valence-corrected chi connectivity index (χ0v) is 9.67. The van der Waals surface area contributed by atoms with Gasteiger partial charge in [-0.25, -0.2) is 4.79 Å². The summed E-state index contributed by atoms with van der Waals surface area (Å²) in [4.78, 5) is 12.1. The van der Waals surface area contributed by atoms with Crippen LogP contribution in [0.3, 0.4) is 0 Å². The Balaban J connectivity index is 0. The SMILES string of the molecule is CCN(CC)CC.Cl.O=c1occo1. The summed E-state index contributed by atoms with van der Waals surface area (Å²) in [5.74, 6) is -0.657. The van der Waals surface area contributed by atoms with Gasteiger partial charge in [0, 0.05) is 0 Å². The predicted molar refractivity (Wildman–Crippen MR) is 58.0 cm³/mol. The van der Waals surface area contributed by atoms with E-state index in [1.807, 2.05) is 0 Å². The third kappa shape index (κ3) is 7.89. The fraction of sp³-hybridized carbons (Fsp3) is 0.667. The van der Waals surface area contributed by atoms with E-state index in [0.717, 1.165) is 0 Å².